The number of esters is 1. The second-order valence-electron chi connectivity index (χ2n) is 10.1. The summed E-state index contributed by atoms with van der Waals surface area (Å²) in [6.07, 6.45) is 4.77. The molecule has 0 aliphatic rings. The summed E-state index contributed by atoms with van der Waals surface area (Å²) in [4.78, 5) is 11.6. The highest BCUT2D eigenvalue weighted by Gasteiger charge is 2.37. The van der Waals surface area contributed by atoms with Crippen LogP contribution in [-0.2, 0) is 38.8 Å². The summed E-state index contributed by atoms with van der Waals surface area (Å²) < 4.78 is 34.3. The van der Waals surface area contributed by atoms with Crippen LogP contribution in [0.2, 0.25) is 0 Å². The molecule has 7 nitrogen and oxygen atoms in total. The predicted molar refractivity (Wildman–Crippen MR) is 168 cm³/mol. The fraction of sp³-hybridized carbons (Fsp3) is 0.472. The molecule has 0 radical (unpaired) electrons. The Balaban J connectivity index is 1.26. The number of carbonyl (C=O) groups excluding carboxylic acids is 1. The number of rotatable bonds is 24. The molecule has 7 heteroatoms. The Bertz CT molecular complexity index is 996. The lowest BCUT2D eigenvalue weighted by molar-refractivity contribution is -0.145. The monoisotopic (exact) mass is 592 g/mol. The molecule has 0 saturated heterocycles. The Kier molecular flexibility index (Phi) is 17.3. The maximum atomic E-state index is 11.6. The van der Waals surface area contributed by atoms with Gasteiger partial charge in [-0.2, -0.15) is 0 Å². The van der Waals surface area contributed by atoms with Crippen molar-refractivity contribution in [1.29, 1.82) is 0 Å². The average molecular weight is 593 g/mol. The van der Waals surface area contributed by atoms with Gasteiger partial charge in [-0.1, -0.05) is 117 Å². The van der Waals surface area contributed by atoms with Crippen LogP contribution in [0.5, 0.6) is 0 Å². The van der Waals surface area contributed by atoms with Gasteiger partial charge < -0.3 is 28.4 Å². The molecule has 3 aromatic carbocycles. The van der Waals surface area contributed by atoms with Crippen LogP contribution in [0.3, 0.4) is 0 Å². The normalized spacial score (nSPS) is 11.5. The Morgan fingerprint density at radius 1 is 0.512 bits per heavy atom. The largest absolute Gasteiger partial charge is 0.463 e. The lowest BCUT2D eigenvalue weighted by Gasteiger charge is -2.36. The molecule has 0 bridgehead atoms. The van der Waals surface area contributed by atoms with Crippen LogP contribution < -0.4 is 0 Å². The average Bonchev–Trinajstić information content (AvgIpc) is 3.06. The second-order valence-corrected chi connectivity index (χ2v) is 10.1. The minimum atomic E-state index is -0.747. The van der Waals surface area contributed by atoms with Gasteiger partial charge in [0.2, 0.25) is 0 Å². The first-order chi connectivity index (χ1) is 21.3. The summed E-state index contributed by atoms with van der Waals surface area (Å²) in [5.41, 5.74) is 2.46. The number of hydrogen-bond donors (Lipinski definition) is 0. The van der Waals surface area contributed by atoms with Crippen molar-refractivity contribution in [3.8, 4) is 0 Å². The van der Waals surface area contributed by atoms with Crippen LogP contribution >= 0.6 is 0 Å². The standard InChI is InChI=1S/C36H48O7/c1-2-3-4-14-21-35(37)42-30-28-40-26-24-38-22-23-39-25-27-41-29-31-43-36(32-15-8-5-9-16-32,33-17-10-6-11-18-33)34-19-12-7-13-20-34/h5-13,15-20H,2-4,14,21-31H2,1H3. The van der Waals surface area contributed by atoms with Crippen molar-refractivity contribution in [3.63, 3.8) is 0 Å². The molecule has 3 aromatic rings. The fourth-order valence-electron chi connectivity index (χ4n) is 4.77. The Morgan fingerprint density at radius 2 is 0.907 bits per heavy atom. The van der Waals surface area contributed by atoms with E-state index >= 15 is 0 Å². The van der Waals surface area contributed by atoms with Crippen molar-refractivity contribution in [2.24, 2.45) is 0 Å². The first kappa shape index (κ1) is 34.4. The van der Waals surface area contributed by atoms with Crippen molar-refractivity contribution in [3.05, 3.63) is 108 Å². The smallest absolute Gasteiger partial charge is 0.305 e. The van der Waals surface area contributed by atoms with Gasteiger partial charge in [-0.3, -0.25) is 4.79 Å². The zero-order valence-electron chi connectivity index (χ0n) is 25.6. The summed E-state index contributed by atoms with van der Waals surface area (Å²) >= 11 is 0. The molecule has 0 unspecified atom stereocenters. The van der Waals surface area contributed by atoms with Crippen molar-refractivity contribution < 1.29 is 33.2 Å². The topological polar surface area (TPSA) is 72.5 Å². The Hall–Kier alpha value is -3.07. The molecule has 0 spiro atoms. The SMILES string of the molecule is CCCCCCC(=O)OCCOCCOCCOCCOCCOC(c1ccccc1)(c1ccccc1)c1ccccc1. The minimum absolute atomic E-state index is 0.149. The summed E-state index contributed by atoms with van der Waals surface area (Å²) in [5.74, 6) is -0.149. The molecule has 0 amide bonds. The van der Waals surface area contributed by atoms with Gasteiger partial charge in [-0.15, -0.1) is 0 Å². The molecule has 0 heterocycles. The molecule has 234 valence electrons. The highest BCUT2D eigenvalue weighted by Crippen LogP contribution is 2.40. The number of unbranched alkanes of at least 4 members (excludes halogenated alkanes) is 3. The van der Waals surface area contributed by atoms with Crippen molar-refractivity contribution in [1.82, 2.24) is 0 Å². The van der Waals surface area contributed by atoms with E-state index < -0.39 is 5.60 Å². The molecule has 3 rings (SSSR count). The van der Waals surface area contributed by atoms with E-state index in [0.29, 0.717) is 65.9 Å². The number of hydrogen-bond acceptors (Lipinski definition) is 7. The van der Waals surface area contributed by atoms with Crippen molar-refractivity contribution >= 4 is 5.97 Å². The summed E-state index contributed by atoms with van der Waals surface area (Å²) in [6, 6.07) is 31.0. The minimum Gasteiger partial charge on any atom is -0.463 e. The van der Waals surface area contributed by atoms with E-state index in [1.165, 1.54) is 0 Å². The highest BCUT2D eigenvalue weighted by atomic mass is 16.6. The molecular weight excluding hydrogens is 544 g/mol. The van der Waals surface area contributed by atoms with Gasteiger partial charge in [0.05, 0.1) is 59.5 Å². The fourth-order valence-corrected chi connectivity index (χ4v) is 4.77. The molecule has 0 atom stereocenters. The van der Waals surface area contributed by atoms with Crippen LogP contribution in [0.4, 0.5) is 0 Å². The molecule has 43 heavy (non-hydrogen) atoms. The van der Waals surface area contributed by atoms with Crippen LogP contribution in [-0.4, -0.2) is 72.0 Å². The van der Waals surface area contributed by atoms with Crippen molar-refractivity contribution in [2.75, 3.05) is 66.1 Å². The second kappa shape index (κ2) is 21.6. The van der Waals surface area contributed by atoms with E-state index in [0.717, 1.165) is 42.4 Å². The molecule has 0 fully saturated rings. The van der Waals surface area contributed by atoms with Crippen LogP contribution in [0.1, 0.15) is 55.7 Å². The van der Waals surface area contributed by atoms with Gasteiger partial charge in [0, 0.05) is 6.42 Å². The summed E-state index contributed by atoms with van der Waals surface area (Å²) in [5, 5.41) is 0. The third kappa shape index (κ3) is 12.6. The Morgan fingerprint density at radius 3 is 1.33 bits per heavy atom. The lowest BCUT2D eigenvalue weighted by atomic mass is 9.80. The molecule has 0 saturated carbocycles. The molecule has 0 N–H and O–H groups in total. The van der Waals surface area contributed by atoms with Crippen molar-refractivity contribution in [2.45, 2.75) is 44.6 Å². The van der Waals surface area contributed by atoms with Gasteiger partial charge in [-0.05, 0) is 23.1 Å². The first-order valence-corrected chi connectivity index (χ1v) is 15.5. The summed E-state index contributed by atoms with van der Waals surface area (Å²) in [7, 11) is 0. The first-order valence-electron chi connectivity index (χ1n) is 15.5. The highest BCUT2D eigenvalue weighted by molar-refractivity contribution is 5.69. The summed E-state index contributed by atoms with van der Waals surface area (Å²) in [6.45, 7) is 6.50. The van der Waals surface area contributed by atoms with Crippen LogP contribution in [0.15, 0.2) is 91.0 Å². The molecule has 0 aromatic heterocycles. The van der Waals surface area contributed by atoms with Crippen LogP contribution in [0, 0.1) is 0 Å². The number of benzene rings is 3. The van der Waals surface area contributed by atoms with E-state index in [4.69, 9.17) is 28.4 Å². The molecular formula is C36H48O7. The van der Waals surface area contributed by atoms with Gasteiger partial charge in [0.1, 0.15) is 12.2 Å². The third-order valence-corrected chi connectivity index (χ3v) is 6.93. The van der Waals surface area contributed by atoms with E-state index in [1.54, 1.807) is 0 Å². The zero-order valence-corrected chi connectivity index (χ0v) is 25.6. The third-order valence-electron chi connectivity index (χ3n) is 6.93. The quantitative estimate of drug-likeness (QED) is 0.0661. The Labute approximate surface area is 257 Å². The number of ether oxygens (including phenoxy) is 6. The zero-order chi connectivity index (χ0) is 30.3. The van der Waals surface area contributed by atoms with Gasteiger partial charge in [0.15, 0.2) is 0 Å². The van der Waals surface area contributed by atoms with Gasteiger partial charge >= 0.3 is 5.97 Å². The van der Waals surface area contributed by atoms with E-state index in [9.17, 15) is 4.79 Å². The lowest BCUT2D eigenvalue weighted by Crippen LogP contribution is -2.34. The molecule has 0 aliphatic carbocycles. The van der Waals surface area contributed by atoms with Gasteiger partial charge in [0.25, 0.3) is 0 Å². The van der Waals surface area contributed by atoms with Crippen LogP contribution in [0.25, 0.3) is 0 Å². The maximum absolute atomic E-state index is 11.6. The molecule has 0 aliphatic heterocycles. The van der Waals surface area contributed by atoms with E-state index in [2.05, 4.69) is 43.3 Å². The predicted octanol–water partition coefficient (Wildman–Crippen LogP) is 6.58. The number of carbonyl (C=O) groups is 1. The van der Waals surface area contributed by atoms with E-state index in [-0.39, 0.29) is 12.6 Å². The maximum Gasteiger partial charge on any atom is 0.305 e. The van der Waals surface area contributed by atoms with E-state index in [1.807, 2.05) is 54.6 Å². The van der Waals surface area contributed by atoms with Gasteiger partial charge in [-0.25, -0.2) is 0 Å².